The number of rotatable bonds is 6. The van der Waals surface area contributed by atoms with Crippen molar-refractivity contribution < 1.29 is 46.6 Å². The molecule has 0 amide bonds. The smallest absolute Gasteiger partial charge is 0.493 e. The SMILES string of the molecule is COc1cc(B2OC(C)(C)C(C)(C)O2)cc(OC)c1OCC1CCNCC1.O=C(O)C(F)(F)F. The number of hydrogen-bond acceptors (Lipinski definition) is 7. The average Bonchev–Trinajstić information content (AvgIpc) is 2.99. The van der Waals surface area contributed by atoms with Crippen molar-refractivity contribution in [2.24, 2.45) is 5.92 Å². The number of hydrogen-bond donors (Lipinski definition) is 2. The number of methoxy groups -OCH3 is 2. The molecule has 192 valence electrons. The van der Waals surface area contributed by atoms with E-state index in [9.17, 15) is 13.2 Å². The second kappa shape index (κ2) is 11.0. The molecule has 12 heteroatoms. The normalized spacial score (nSPS) is 19.7. The third-order valence-corrected chi connectivity index (χ3v) is 6.17. The number of carbonyl (C=O) groups is 1. The number of carboxylic acid groups (broad SMARTS) is 1. The number of ether oxygens (including phenoxy) is 3. The fraction of sp³-hybridized carbons (Fsp3) is 0.682. The highest BCUT2D eigenvalue weighted by Crippen LogP contribution is 2.40. The molecule has 1 aromatic carbocycles. The fourth-order valence-electron chi connectivity index (χ4n) is 3.41. The van der Waals surface area contributed by atoms with Crippen LogP contribution in [0.3, 0.4) is 0 Å². The summed E-state index contributed by atoms with van der Waals surface area (Å²) in [7, 11) is 2.80. The maximum Gasteiger partial charge on any atom is 0.495 e. The lowest BCUT2D eigenvalue weighted by Crippen LogP contribution is -2.41. The van der Waals surface area contributed by atoms with E-state index >= 15 is 0 Å². The van der Waals surface area contributed by atoms with Crippen LogP contribution in [0, 0.1) is 5.92 Å². The molecule has 0 unspecified atom stereocenters. The van der Waals surface area contributed by atoms with Gasteiger partial charge in [0.15, 0.2) is 11.5 Å². The summed E-state index contributed by atoms with van der Waals surface area (Å²) in [5.74, 6) is -0.310. The first-order valence-corrected chi connectivity index (χ1v) is 11.0. The summed E-state index contributed by atoms with van der Waals surface area (Å²) in [6.07, 6.45) is -2.84. The molecular weight excluding hydrogens is 458 g/mol. The van der Waals surface area contributed by atoms with Crippen LogP contribution in [0.1, 0.15) is 40.5 Å². The first-order valence-electron chi connectivity index (χ1n) is 11.0. The van der Waals surface area contributed by atoms with Crippen LogP contribution in [0.2, 0.25) is 0 Å². The van der Waals surface area contributed by atoms with E-state index in [0.29, 0.717) is 29.8 Å². The molecule has 2 aliphatic rings. The number of carboxylic acids is 1. The van der Waals surface area contributed by atoms with Gasteiger partial charge in [0.25, 0.3) is 0 Å². The Morgan fingerprint density at radius 3 is 1.91 bits per heavy atom. The minimum atomic E-state index is -5.08. The van der Waals surface area contributed by atoms with Crippen molar-refractivity contribution >= 4 is 18.6 Å². The number of halogens is 3. The zero-order chi connectivity index (χ0) is 25.7. The Labute approximate surface area is 198 Å². The van der Waals surface area contributed by atoms with Gasteiger partial charge < -0.3 is 33.9 Å². The molecule has 0 aromatic heterocycles. The molecule has 2 heterocycles. The topological polar surface area (TPSA) is 95.5 Å². The lowest BCUT2D eigenvalue weighted by molar-refractivity contribution is -0.192. The second-order valence-electron chi connectivity index (χ2n) is 9.15. The quantitative estimate of drug-likeness (QED) is 0.587. The summed E-state index contributed by atoms with van der Waals surface area (Å²) >= 11 is 0. The monoisotopic (exact) mass is 491 g/mol. The Hall–Kier alpha value is -2.18. The van der Waals surface area contributed by atoms with E-state index in [4.69, 9.17) is 33.4 Å². The van der Waals surface area contributed by atoms with Gasteiger partial charge in [0.2, 0.25) is 5.75 Å². The van der Waals surface area contributed by atoms with Crippen molar-refractivity contribution in [2.45, 2.75) is 57.9 Å². The van der Waals surface area contributed by atoms with Gasteiger partial charge in [-0.2, -0.15) is 13.2 Å². The Morgan fingerprint density at radius 1 is 1.09 bits per heavy atom. The maximum atomic E-state index is 10.6. The third-order valence-electron chi connectivity index (χ3n) is 6.17. The average molecular weight is 491 g/mol. The van der Waals surface area contributed by atoms with E-state index in [1.54, 1.807) is 14.2 Å². The standard InChI is InChI=1S/C20H32BNO5.C2HF3O2/c1-19(2)20(3,4)27-21(26-19)15-11-16(23-5)18(17(12-15)24-6)25-13-14-7-9-22-10-8-14;3-2(4,5)1(6)7/h11-12,14,22H,7-10,13H2,1-6H3;(H,6,7). The lowest BCUT2D eigenvalue weighted by atomic mass is 9.78. The van der Waals surface area contributed by atoms with E-state index < -0.39 is 30.5 Å². The van der Waals surface area contributed by atoms with Crippen molar-refractivity contribution in [3.05, 3.63) is 12.1 Å². The molecule has 0 bridgehead atoms. The van der Waals surface area contributed by atoms with Crippen molar-refractivity contribution in [2.75, 3.05) is 33.9 Å². The van der Waals surface area contributed by atoms with Gasteiger partial charge in [0.1, 0.15) is 0 Å². The maximum absolute atomic E-state index is 10.6. The summed E-state index contributed by atoms with van der Waals surface area (Å²) in [4.78, 5) is 8.90. The highest BCUT2D eigenvalue weighted by atomic mass is 19.4. The lowest BCUT2D eigenvalue weighted by Gasteiger charge is -2.32. The van der Waals surface area contributed by atoms with Crippen LogP contribution in [0.15, 0.2) is 12.1 Å². The molecule has 1 aromatic rings. The van der Waals surface area contributed by atoms with Crippen LogP contribution < -0.4 is 25.0 Å². The molecule has 2 saturated heterocycles. The molecule has 3 rings (SSSR count). The molecule has 0 spiro atoms. The molecule has 0 radical (unpaired) electrons. The molecule has 34 heavy (non-hydrogen) atoms. The molecule has 2 aliphatic heterocycles. The molecule has 0 atom stereocenters. The first-order chi connectivity index (χ1) is 15.7. The van der Waals surface area contributed by atoms with Crippen molar-refractivity contribution in [3.8, 4) is 17.2 Å². The van der Waals surface area contributed by atoms with Gasteiger partial charge in [-0.1, -0.05) is 0 Å². The van der Waals surface area contributed by atoms with E-state index in [0.717, 1.165) is 31.4 Å². The molecular formula is C22H33BF3NO7. The Bertz CT molecular complexity index is 801. The van der Waals surface area contributed by atoms with Gasteiger partial charge in [-0.05, 0) is 77.1 Å². The van der Waals surface area contributed by atoms with Crippen molar-refractivity contribution in [3.63, 3.8) is 0 Å². The highest BCUT2D eigenvalue weighted by molar-refractivity contribution is 6.62. The molecule has 2 fully saturated rings. The Balaban J connectivity index is 0.000000509. The summed E-state index contributed by atoms with van der Waals surface area (Å²) in [5.41, 5.74) is 0.0570. The minimum Gasteiger partial charge on any atom is -0.493 e. The number of aliphatic carboxylic acids is 1. The predicted octanol–water partition coefficient (Wildman–Crippen LogP) is 3.01. The van der Waals surface area contributed by atoms with Gasteiger partial charge in [-0.3, -0.25) is 0 Å². The first kappa shape index (κ1) is 28.1. The van der Waals surface area contributed by atoms with E-state index in [-0.39, 0.29) is 0 Å². The zero-order valence-electron chi connectivity index (χ0n) is 20.4. The predicted molar refractivity (Wildman–Crippen MR) is 120 cm³/mol. The van der Waals surface area contributed by atoms with Crippen LogP contribution >= 0.6 is 0 Å². The number of nitrogens with one attached hydrogen (secondary N) is 1. The van der Waals surface area contributed by atoms with Crippen LogP contribution in [0.4, 0.5) is 13.2 Å². The van der Waals surface area contributed by atoms with Gasteiger partial charge in [0.05, 0.1) is 32.0 Å². The summed E-state index contributed by atoms with van der Waals surface area (Å²) in [6, 6.07) is 3.84. The second-order valence-corrected chi connectivity index (χ2v) is 9.15. The Kier molecular flexibility index (Phi) is 9.12. The van der Waals surface area contributed by atoms with Crippen LogP contribution in [-0.2, 0) is 14.1 Å². The highest BCUT2D eigenvalue weighted by Gasteiger charge is 2.52. The van der Waals surface area contributed by atoms with E-state index in [2.05, 4.69) is 5.32 Å². The van der Waals surface area contributed by atoms with Crippen molar-refractivity contribution in [1.29, 1.82) is 0 Å². The van der Waals surface area contributed by atoms with Crippen molar-refractivity contribution in [1.82, 2.24) is 5.32 Å². The molecule has 0 aliphatic carbocycles. The van der Waals surface area contributed by atoms with Crippen LogP contribution in [-0.4, -0.2) is 69.5 Å². The van der Waals surface area contributed by atoms with Crippen LogP contribution in [0.5, 0.6) is 17.2 Å². The summed E-state index contributed by atoms with van der Waals surface area (Å²) in [6.45, 7) is 10.9. The van der Waals surface area contributed by atoms with Crippen LogP contribution in [0.25, 0.3) is 0 Å². The fourth-order valence-corrected chi connectivity index (χ4v) is 3.41. The minimum absolute atomic E-state index is 0.400. The molecule has 2 N–H and O–H groups in total. The number of piperidine rings is 1. The Morgan fingerprint density at radius 2 is 1.53 bits per heavy atom. The van der Waals surface area contributed by atoms with Gasteiger partial charge >= 0.3 is 19.3 Å². The summed E-state index contributed by atoms with van der Waals surface area (Å²) < 4.78 is 61.4. The number of benzene rings is 1. The number of alkyl halides is 3. The van der Waals surface area contributed by atoms with Gasteiger partial charge in [-0.25, -0.2) is 4.79 Å². The zero-order valence-corrected chi connectivity index (χ0v) is 20.4. The van der Waals surface area contributed by atoms with E-state index in [1.807, 2.05) is 39.8 Å². The van der Waals surface area contributed by atoms with Gasteiger partial charge in [0, 0.05) is 0 Å². The molecule has 8 nitrogen and oxygen atoms in total. The largest absolute Gasteiger partial charge is 0.495 e. The van der Waals surface area contributed by atoms with Gasteiger partial charge in [-0.15, -0.1) is 0 Å². The van der Waals surface area contributed by atoms with E-state index in [1.165, 1.54) is 0 Å². The third kappa shape index (κ3) is 6.92. The molecule has 0 saturated carbocycles. The summed E-state index contributed by atoms with van der Waals surface area (Å²) in [5, 5.41) is 10.5.